The summed E-state index contributed by atoms with van der Waals surface area (Å²) in [6, 6.07) is 3.11. The van der Waals surface area contributed by atoms with Gasteiger partial charge in [-0.25, -0.2) is 9.78 Å². The zero-order valence-corrected chi connectivity index (χ0v) is 11.1. The molecule has 2 heterocycles. The van der Waals surface area contributed by atoms with Crippen LogP contribution in [0.2, 0.25) is 0 Å². The van der Waals surface area contributed by atoms with Gasteiger partial charge in [-0.05, 0) is 22.0 Å². The zero-order valence-electron chi connectivity index (χ0n) is 8.68. The van der Waals surface area contributed by atoms with E-state index in [1.807, 2.05) is 11.4 Å². The average Bonchev–Trinajstić information content (AvgIpc) is 2.75. The fraction of sp³-hybridized carbons (Fsp3) is 0.100. The van der Waals surface area contributed by atoms with Crippen LogP contribution in [0.3, 0.4) is 0 Å². The van der Waals surface area contributed by atoms with E-state index in [0.717, 1.165) is 9.35 Å². The molecule has 1 N–H and O–H groups in total. The highest BCUT2D eigenvalue weighted by Gasteiger charge is 2.13. The number of carboxylic acids is 1. The number of hydrogen-bond acceptors (Lipinski definition) is 5. The highest BCUT2D eigenvalue weighted by molar-refractivity contribution is 9.10. The Labute approximate surface area is 109 Å². The number of nitrogens with zero attached hydrogens (tertiary/aromatic N) is 2. The van der Waals surface area contributed by atoms with E-state index in [0.29, 0.717) is 5.82 Å². The first kappa shape index (κ1) is 12.0. The predicted molar refractivity (Wildman–Crippen MR) is 66.6 cm³/mol. The number of ether oxygens (including phenoxy) is 1. The molecule has 0 aromatic carbocycles. The van der Waals surface area contributed by atoms with E-state index in [-0.39, 0.29) is 11.6 Å². The Bertz CT molecular complexity index is 570. The number of rotatable bonds is 3. The van der Waals surface area contributed by atoms with Crippen molar-refractivity contribution in [3.63, 3.8) is 0 Å². The molecular formula is C10H7BrN2O3S. The lowest BCUT2D eigenvalue weighted by molar-refractivity contribution is 0.0690. The summed E-state index contributed by atoms with van der Waals surface area (Å²) in [5, 5.41) is 10.8. The van der Waals surface area contributed by atoms with Crippen molar-refractivity contribution >= 4 is 33.2 Å². The van der Waals surface area contributed by atoms with Crippen LogP contribution in [0.15, 0.2) is 22.0 Å². The van der Waals surface area contributed by atoms with Gasteiger partial charge < -0.3 is 9.84 Å². The van der Waals surface area contributed by atoms with Gasteiger partial charge in [0.05, 0.1) is 12.0 Å². The molecule has 5 nitrogen and oxygen atoms in total. The number of hydrogen-bond donors (Lipinski definition) is 1. The molecule has 0 bridgehead atoms. The van der Waals surface area contributed by atoms with Crippen LogP contribution >= 0.6 is 27.3 Å². The van der Waals surface area contributed by atoms with Gasteiger partial charge in [0, 0.05) is 15.9 Å². The molecule has 17 heavy (non-hydrogen) atoms. The Hall–Kier alpha value is -1.47. The molecule has 0 fully saturated rings. The Morgan fingerprint density at radius 2 is 2.24 bits per heavy atom. The van der Waals surface area contributed by atoms with Gasteiger partial charge in [0.1, 0.15) is 0 Å². The Morgan fingerprint density at radius 3 is 2.76 bits per heavy atom. The van der Waals surface area contributed by atoms with Crippen molar-refractivity contribution in [1.82, 2.24) is 9.97 Å². The van der Waals surface area contributed by atoms with Gasteiger partial charge in [0.2, 0.25) is 5.88 Å². The quantitative estimate of drug-likeness (QED) is 0.943. The highest BCUT2D eigenvalue weighted by Crippen LogP contribution is 2.28. The van der Waals surface area contributed by atoms with Crippen molar-refractivity contribution < 1.29 is 14.6 Å². The van der Waals surface area contributed by atoms with Gasteiger partial charge in [0.15, 0.2) is 11.5 Å². The molecule has 0 amide bonds. The third-order valence-corrected chi connectivity index (χ3v) is 3.61. The minimum Gasteiger partial charge on any atom is -0.481 e. The Morgan fingerprint density at radius 1 is 1.47 bits per heavy atom. The van der Waals surface area contributed by atoms with Crippen LogP contribution in [0.1, 0.15) is 10.5 Å². The number of carboxylic acid groups (broad SMARTS) is 1. The maximum atomic E-state index is 10.9. The maximum absolute atomic E-state index is 10.9. The minimum atomic E-state index is -1.11. The summed E-state index contributed by atoms with van der Waals surface area (Å²) >= 11 is 4.74. The molecule has 0 aliphatic carbocycles. The molecule has 0 radical (unpaired) electrons. The molecule has 0 aliphatic rings. The molecule has 2 aromatic rings. The molecular weight excluding hydrogens is 308 g/mol. The summed E-state index contributed by atoms with van der Waals surface area (Å²) in [5.74, 6) is -0.531. The molecule has 2 rings (SSSR count). The molecule has 0 atom stereocenters. The van der Waals surface area contributed by atoms with Crippen molar-refractivity contribution in [1.29, 1.82) is 0 Å². The van der Waals surface area contributed by atoms with E-state index in [4.69, 9.17) is 9.84 Å². The molecule has 88 valence electrons. The summed E-state index contributed by atoms with van der Waals surface area (Å²) in [6.45, 7) is 0. The normalized spacial score (nSPS) is 10.2. The van der Waals surface area contributed by atoms with E-state index >= 15 is 0 Å². The lowest BCUT2D eigenvalue weighted by Crippen LogP contribution is -2.04. The molecule has 0 spiro atoms. The Kier molecular flexibility index (Phi) is 3.39. The first-order chi connectivity index (χ1) is 8.10. The molecule has 0 saturated heterocycles. The topological polar surface area (TPSA) is 72.3 Å². The molecule has 2 aromatic heterocycles. The fourth-order valence-electron chi connectivity index (χ4n) is 1.18. The van der Waals surface area contributed by atoms with Crippen LogP contribution in [0.4, 0.5) is 0 Å². The van der Waals surface area contributed by atoms with Gasteiger partial charge in [-0.2, -0.15) is 4.98 Å². The summed E-state index contributed by atoms with van der Waals surface area (Å²) in [7, 11) is 1.43. The van der Waals surface area contributed by atoms with Crippen LogP contribution < -0.4 is 4.74 Å². The van der Waals surface area contributed by atoms with Gasteiger partial charge in [-0.3, -0.25) is 0 Å². The third kappa shape index (κ3) is 2.62. The third-order valence-electron chi connectivity index (χ3n) is 1.92. The van der Waals surface area contributed by atoms with Gasteiger partial charge >= 0.3 is 5.97 Å². The minimum absolute atomic E-state index is 0.0867. The highest BCUT2D eigenvalue weighted by atomic mass is 79.9. The maximum Gasteiger partial charge on any atom is 0.354 e. The van der Waals surface area contributed by atoms with Crippen molar-refractivity contribution in [2.75, 3.05) is 7.11 Å². The van der Waals surface area contributed by atoms with Gasteiger partial charge in [-0.15, -0.1) is 11.3 Å². The number of carbonyl (C=O) groups is 1. The lowest BCUT2D eigenvalue weighted by Gasteiger charge is -2.03. The molecule has 0 unspecified atom stereocenters. The Balaban J connectivity index is 2.53. The van der Waals surface area contributed by atoms with Crippen LogP contribution in [0.5, 0.6) is 5.88 Å². The number of methoxy groups -OCH3 is 1. The van der Waals surface area contributed by atoms with Crippen molar-refractivity contribution in [3.05, 3.63) is 27.7 Å². The van der Waals surface area contributed by atoms with Crippen molar-refractivity contribution in [3.8, 4) is 16.6 Å². The first-order valence-electron chi connectivity index (χ1n) is 4.51. The summed E-state index contributed by atoms with van der Waals surface area (Å²) in [6.07, 6.45) is 0. The molecule has 0 saturated carbocycles. The fourth-order valence-corrected chi connectivity index (χ4v) is 2.54. The van der Waals surface area contributed by atoms with E-state index in [9.17, 15) is 4.79 Å². The largest absolute Gasteiger partial charge is 0.481 e. The predicted octanol–water partition coefficient (Wildman–Crippen LogP) is 2.67. The summed E-state index contributed by atoms with van der Waals surface area (Å²) in [5.41, 5.74) is -0.0867. The van der Waals surface area contributed by atoms with Crippen molar-refractivity contribution in [2.45, 2.75) is 0 Å². The zero-order chi connectivity index (χ0) is 12.4. The lowest BCUT2D eigenvalue weighted by atomic mass is 10.3. The number of thiophene rings is 1. The van der Waals surface area contributed by atoms with E-state index in [1.165, 1.54) is 24.5 Å². The van der Waals surface area contributed by atoms with E-state index < -0.39 is 5.97 Å². The second kappa shape index (κ2) is 4.80. The number of halogens is 1. The molecule has 0 aliphatic heterocycles. The standard InChI is InChI=1S/C10H7BrN2O3S/c1-16-8-3-6(10(14)15)12-9(13-8)7-2-5(11)4-17-7/h2-4H,1H3,(H,14,15). The van der Waals surface area contributed by atoms with Crippen LogP contribution in [-0.2, 0) is 0 Å². The van der Waals surface area contributed by atoms with Crippen molar-refractivity contribution in [2.24, 2.45) is 0 Å². The van der Waals surface area contributed by atoms with E-state index in [2.05, 4.69) is 25.9 Å². The average molecular weight is 315 g/mol. The SMILES string of the molecule is COc1cc(C(=O)O)nc(-c2cc(Br)cs2)n1. The van der Waals surface area contributed by atoms with Crippen LogP contribution in [0, 0.1) is 0 Å². The smallest absolute Gasteiger partial charge is 0.354 e. The van der Waals surface area contributed by atoms with Crippen LogP contribution in [0.25, 0.3) is 10.7 Å². The molecule has 7 heteroatoms. The number of aromatic nitrogens is 2. The second-order valence-corrected chi connectivity index (χ2v) is 4.88. The number of aromatic carboxylic acids is 1. The first-order valence-corrected chi connectivity index (χ1v) is 6.18. The second-order valence-electron chi connectivity index (χ2n) is 3.05. The monoisotopic (exact) mass is 314 g/mol. The van der Waals surface area contributed by atoms with Gasteiger partial charge in [-0.1, -0.05) is 0 Å². The van der Waals surface area contributed by atoms with Crippen LogP contribution in [-0.4, -0.2) is 28.2 Å². The van der Waals surface area contributed by atoms with E-state index in [1.54, 1.807) is 0 Å². The van der Waals surface area contributed by atoms with Gasteiger partial charge in [0.25, 0.3) is 0 Å². The summed E-state index contributed by atoms with van der Waals surface area (Å²) in [4.78, 5) is 19.8. The summed E-state index contributed by atoms with van der Waals surface area (Å²) < 4.78 is 5.86.